The van der Waals surface area contributed by atoms with Crippen molar-refractivity contribution in [2.75, 3.05) is 20.7 Å². The third-order valence-corrected chi connectivity index (χ3v) is 14.0. The van der Waals surface area contributed by atoms with Crippen LogP contribution in [0.4, 0.5) is 4.79 Å². The smallest absolute Gasteiger partial charge is 0.408 e. The molecule has 12 atom stereocenters. The molecule has 3 fully saturated rings. The summed E-state index contributed by atoms with van der Waals surface area (Å²) in [4.78, 5) is 59.6. The van der Waals surface area contributed by atoms with Gasteiger partial charge >= 0.3 is 12.1 Å². The van der Waals surface area contributed by atoms with Crippen molar-refractivity contribution in [2.45, 2.75) is 129 Å². The van der Waals surface area contributed by atoms with Crippen LogP contribution in [-0.2, 0) is 33.3 Å². The number of thiophene rings is 1. The molecule has 1 N–H and O–H groups in total. The van der Waals surface area contributed by atoms with Gasteiger partial charge in [0.2, 0.25) is 0 Å². The molecule has 0 bridgehead atoms. The highest BCUT2D eigenvalue weighted by Gasteiger charge is 2.57. The molecule has 0 aliphatic carbocycles. The molecule has 3 aliphatic rings. The van der Waals surface area contributed by atoms with Crippen LogP contribution in [-0.4, -0.2) is 90.8 Å². The van der Waals surface area contributed by atoms with E-state index < -0.39 is 65.0 Å². The number of hydrogen-bond donors (Lipinski definition) is 1. The topological polar surface area (TPSA) is 120 Å². The minimum absolute atomic E-state index is 0.00304. The van der Waals surface area contributed by atoms with Crippen LogP contribution in [0.25, 0.3) is 10.4 Å². The summed E-state index contributed by atoms with van der Waals surface area (Å²) in [5, 5.41) is 3.93. The van der Waals surface area contributed by atoms with E-state index in [4.69, 9.17) is 42.1 Å². The number of ether oxygens (including phenoxy) is 4. The van der Waals surface area contributed by atoms with E-state index in [2.05, 4.69) is 43.1 Å². The number of amides is 1. The lowest BCUT2D eigenvalue weighted by molar-refractivity contribution is -0.173. The summed E-state index contributed by atoms with van der Waals surface area (Å²) in [6.07, 6.45) is 0.871. The largest absolute Gasteiger partial charge is 0.458 e. The SMILES string of the molecule is CC[C@H]1OC(=O)[C@H](C)C(=O)[C@H](C)[C@@H](CC2C[C@@H](N(C)C)C[C@@H](C)O2)[C@@](C)(OCC#Cc2ccc(-c3cc(Cl)cc(Cl)c3)s2)C[C@@H](C)C(=O)[C@H](C)C2NC(=O)O[C@@]21C. The number of carbonyl (C=O) groups excluding carboxylic acids is 4. The van der Waals surface area contributed by atoms with E-state index in [1.807, 2.05) is 52.0 Å². The Labute approximate surface area is 352 Å². The molecule has 2 unspecified atom stereocenters. The highest BCUT2D eigenvalue weighted by atomic mass is 35.5. The van der Waals surface area contributed by atoms with Gasteiger partial charge in [-0.05, 0) is 116 Å². The molecule has 57 heavy (non-hydrogen) atoms. The van der Waals surface area contributed by atoms with Crippen molar-refractivity contribution in [1.82, 2.24) is 10.2 Å². The van der Waals surface area contributed by atoms with Gasteiger partial charge in [-0.25, -0.2) is 4.79 Å². The Morgan fingerprint density at radius 3 is 2.30 bits per heavy atom. The van der Waals surface area contributed by atoms with Gasteiger partial charge in [0.1, 0.15) is 30.2 Å². The zero-order valence-corrected chi connectivity index (χ0v) is 37.1. The summed E-state index contributed by atoms with van der Waals surface area (Å²) >= 11 is 14.0. The molecule has 10 nitrogen and oxygen atoms in total. The van der Waals surface area contributed by atoms with E-state index in [-0.39, 0.29) is 42.8 Å². The van der Waals surface area contributed by atoms with E-state index in [0.717, 1.165) is 28.2 Å². The molecule has 1 aromatic heterocycles. The third kappa shape index (κ3) is 10.3. The molecule has 1 amide bonds. The van der Waals surface area contributed by atoms with Gasteiger partial charge in [-0.3, -0.25) is 14.4 Å². The molecule has 312 valence electrons. The first kappa shape index (κ1) is 45.1. The van der Waals surface area contributed by atoms with Crippen molar-refractivity contribution in [3.8, 4) is 22.3 Å². The number of nitrogens with one attached hydrogen (secondary N) is 1. The molecule has 2 aromatic rings. The monoisotopic (exact) mass is 844 g/mol. The summed E-state index contributed by atoms with van der Waals surface area (Å²) in [6.45, 7) is 14.6. The number of cyclic esters (lactones) is 1. The second-order valence-corrected chi connectivity index (χ2v) is 18.9. The van der Waals surface area contributed by atoms with E-state index in [1.165, 1.54) is 11.3 Å². The van der Waals surface area contributed by atoms with Gasteiger partial charge in [0.05, 0.1) is 28.7 Å². The number of benzene rings is 1. The molecular weight excluding hydrogens is 787 g/mol. The molecule has 4 heterocycles. The van der Waals surface area contributed by atoms with E-state index in [0.29, 0.717) is 22.9 Å². The Morgan fingerprint density at radius 1 is 0.965 bits per heavy atom. The zero-order valence-electron chi connectivity index (χ0n) is 34.8. The van der Waals surface area contributed by atoms with Crippen LogP contribution in [0.1, 0.15) is 92.4 Å². The Balaban J connectivity index is 1.53. The third-order valence-electron chi connectivity index (χ3n) is 12.5. The fourth-order valence-electron chi connectivity index (χ4n) is 9.29. The maximum atomic E-state index is 14.5. The normalized spacial score (nSPS) is 35.4. The van der Waals surface area contributed by atoms with Gasteiger partial charge in [-0.2, -0.15) is 0 Å². The van der Waals surface area contributed by atoms with E-state index in [1.54, 1.807) is 26.8 Å². The van der Waals surface area contributed by atoms with Crippen LogP contribution in [0.15, 0.2) is 30.3 Å². The molecule has 0 radical (unpaired) electrons. The molecule has 13 heteroatoms. The molecule has 1 aromatic carbocycles. The van der Waals surface area contributed by atoms with Crippen LogP contribution in [0.2, 0.25) is 10.0 Å². The highest BCUT2D eigenvalue weighted by molar-refractivity contribution is 7.16. The van der Waals surface area contributed by atoms with Gasteiger partial charge in [-0.1, -0.05) is 62.7 Å². The number of nitrogens with zero attached hydrogens (tertiary/aromatic N) is 1. The first-order valence-electron chi connectivity index (χ1n) is 20.0. The van der Waals surface area contributed by atoms with E-state index in [9.17, 15) is 19.2 Å². The number of esters is 1. The van der Waals surface area contributed by atoms with Crippen LogP contribution >= 0.6 is 34.5 Å². The van der Waals surface area contributed by atoms with Crippen LogP contribution in [0, 0.1) is 41.4 Å². The van der Waals surface area contributed by atoms with Gasteiger partial charge in [0, 0.05) is 38.7 Å². The number of ketones is 2. The molecule has 3 aliphatic heterocycles. The number of halogens is 2. The lowest BCUT2D eigenvalue weighted by Crippen LogP contribution is -2.57. The molecule has 3 saturated heterocycles. The minimum atomic E-state index is -1.34. The molecule has 0 spiro atoms. The molecular formula is C44H58Cl2N2O8S. The maximum absolute atomic E-state index is 14.5. The van der Waals surface area contributed by atoms with Gasteiger partial charge in [0.15, 0.2) is 5.60 Å². The van der Waals surface area contributed by atoms with Crippen molar-refractivity contribution >= 4 is 58.2 Å². The standard InChI is InChI=1S/C44H58Cl2N2O8S/c1-11-37-44(8)40(47-42(52)56-44)27(5)38(49)24(2)23-43(7,53-16-12-13-34-14-15-36(57-34)29-18-30(45)20-31(46)19-29)35(26(4)39(50)28(6)41(51)55-37)22-33-21-32(48(9)10)17-25(3)54-33/h14-15,18-20,24-28,32-33,35,37,40H,11,16-17,21-23H2,1-10H3,(H,47,52)/t24-,25-,26-,27+,28-,32+,33?,35-,37-,40?,43+,44-/m1/s1. The van der Waals surface area contributed by atoms with E-state index >= 15 is 0 Å². The first-order chi connectivity index (χ1) is 26.8. The summed E-state index contributed by atoms with van der Waals surface area (Å²) in [5.41, 5.74) is -1.52. The predicted octanol–water partition coefficient (Wildman–Crippen LogP) is 8.63. The fraction of sp³-hybridized carbons (Fsp3) is 0.636. The van der Waals surface area contributed by atoms with Crippen LogP contribution in [0.5, 0.6) is 0 Å². The summed E-state index contributed by atoms with van der Waals surface area (Å²) in [5.74, 6) is 1.77. The van der Waals surface area contributed by atoms with Gasteiger partial charge < -0.3 is 29.2 Å². The summed E-state index contributed by atoms with van der Waals surface area (Å²) in [6, 6.07) is 8.80. The number of hydrogen-bond acceptors (Lipinski definition) is 10. The Morgan fingerprint density at radius 2 is 1.65 bits per heavy atom. The zero-order chi connectivity index (χ0) is 42.0. The lowest BCUT2D eigenvalue weighted by atomic mass is 9.68. The molecule has 0 saturated carbocycles. The minimum Gasteiger partial charge on any atom is -0.458 e. The van der Waals surface area contributed by atoms with Crippen molar-refractivity contribution in [3.05, 3.63) is 45.3 Å². The second-order valence-electron chi connectivity index (χ2n) is 17.0. The first-order valence-corrected chi connectivity index (χ1v) is 21.6. The predicted molar refractivity (Wildman–Crippen MR) is 223 cm³/mol. The number of fused-ring (bicyclic) bond motifs is 1. The number of rotatable bonds is 7. The average molecular weight is 846 g/mol. The van der Waals surface area contributed by atoms with Crippen molar-refractivity contribution in [2.24, 2.45) is 29.6 Å². The van der Waals surface area contributed by atoms with Crippen molar-refractivity contribution in [3.63, 3.8) is 0 Å². The number of Topliss-reactive ketones (excluding diaryl/α,β-unsaturated/α-hetero) is 2. The Hall–Kier alpha value is -2.98. The average Bonchev–Trinajstić information content (AvgIpc) is 3.75. The van der Waals surface area contributed by atoms with Crippen molar-refractivity contribution < 1.29 is 38.1 Å². The van der Waals surface area contributed by atoms with Crippen molar-refractivity contribution in [1.29, 1.82) is 0 Å². The summed E-state index contributed by atoms with van der Waals surface area (Å²) in [7, 11) is 4.13. The second kappa shape index (κ2) is 18.5. The van der Waals surface area contributed by atoms with Gasteiger partial charge in [0.25, 0.3) is 0 Å². The van der Waals surface area contributed by atoms with Gasteiger partial charge in [-0.15, -0.1) is 11.3 Å². The van der Waals surface area contributed by atoms with Crippen LogP contribution < -0.4 is 5.32 Å². The van der Waals surface area contributed by atoms with Crippen LogP contribution in [0.3, 0.4) is 0 Å². The summed E-state index contributed by atoms with van der Waals surface area (Å²) < 4.78 is 25.2. The Kier molecular flexibility index (Phi) is 14.7. The Bertz CT molecular complexity index is 1850. The quantitative estimate of drug-likeness (QED) is 0.166. The fourth-order valence-corrected chi connectivity index (χ4v) is 10.7. The number of alkyl carbamates (subject to hydrolysis) is 1. The molecule has 5 rings (SSSR count). The lowest BCUT2D eigenvalue weighted by Gasteiger charge is -2.46. The maximum Gasteiger partial charge on any atom is 0.408 e. The highest BCUT2D eigenvalue weighted by Crippen LogP contribution is 2.43. The number of carbonyl (C=O) groups is 4.